The number of halogens is 3. The topological polar surface area (TPSA) is 90.5 Å². The molecule has 10 heteroatoms. The van der Waals surface area contributed by atoms with Crippen molar-refractivity contribution in [3.8, 4) is 0 Å². The Balaban J connectivity index is 2.37. The van der Waals surface area contributed by atoms with Crippen LogP contribution in [0.15, 0.2) is 0 Å². The van der Waals surface area contributed by atoms with Crippen molar-refractivity contribution in [2.75, 3.05) is 19.6 Å². The SMILES string of the molecule is CC(=O)NC1CCN([C@H](C)C(=O)NC(=O)NCC(F)(F)F)CC1. The standard InChI is InChI=1S/C13H21F3N4O3/c1-8(11(22)19-12(23)17-7-13(14,15)16)20-5-3-10(4-6-20)18-9(2)21/h8,10H,3-7H2,1-2H3,(H,18,21)(H2,17,19,22,23)/t8-/m1/s1. The number of carbonyl (C=O) groups is 3. The monoisotopic (exact) mass is 338 g/mol. The van der Waals surface area contributed by atoms with E-state index >= 15 is 0 Å². The summed E-state index contributed by atoms with van der Waals surface area (Å²) in [5.41, 5.74) is 0. The Morgan fingerprint density at radius 1 is 1.22 bits per heavy atom. The molecule has 0 aromatic carbocycles. The van der Waals surface area contributed by atoms with Crippen LogP contribution < -0.4 is 16.0 Å². The molecule has 23 heavy (non-hydrogen) atoms. The second-order valence-electron chi connectivity index (χ2n) is 5.47. The fourth-order valence-corrected chi connectivity index (χ4v) is 2.33. The normalized spacial score (nSPS) is 18.1. The molecule has 1 aliphatic heterocycles. The summed E-state index contributed by atoms with van der Waals surface area (Å²) >= 11 is 0. The Labute approximate surface area is 132 Å². The Morgan fingerprint density at radius 2 is 1.78 bits per heavy atom. The maximum Gasteiger partial charge on any atom is 0.405 e. The van der Waals surface area contributed by atoms with Gasteiger partial charge in [-0.3, -0.25) is 19.8 Å². The lowest BCUT2D eigenvalue weighted by atomic mass is 10.0. The molecule has 0 bridgehead atoms. The summed E-state index contributed by atoms with van der Waals surface area (Å²) in [4.78, 5) is 35.9. The number of hydrogen-bond acceptors (Lipinski definition) is 4. The molecule has 0 unspecified atom stereocenters. The van der Waals surface area contributed by atoms with Gasteiger partial charge in [-0.25, -0.2) is 4.79 Å². The number of nitrogens with zero attached hydrogens (tertiary/aromatic N) is 1. The number of hydrogen-bond donors (Lipinski definition) is 3. The zero-order valence-electron chi connectivity index (χ0n) is 13.0. The van der Waals surface area contributed by atoms with Gasteiger partial charge in [0.2, 0.25) is 11.8 Å². The van der Waals surface area contributed by atoms with Crippen LogP contribution in [-0.4, -0.2) is 60.6 Å². The van der Waals surface area contributed by atoms with Gasteiger partial charge in [-0.15, -0.1) is 0 Å². The van der Waals surface area contributed by atoms with Crippen LogP contribution in [0.2, 0.25) is 0 Å². The molecule has 4 amide bonds. The van der Waals surface area contributed by atoms with Crippen LogP contribution in [-0.2, 0) is 9.59 Å². The summed E-state index contributed by atoms with van der Waals surface area (Å²) in [5, 5.41) is 6.27. The molecule has 3 N–H and O–H groups in total. The van der Waals surface area contributed by atoms with E-state index in [2.05, 4.69) is 5.32 Å². The van der Waals surface area contributed by atoms with Crippen LogP contribution in [0.1, 0.15) is 26.7 Å². The van der Waals surface area contributed by atoms with Gasteiger partial charge in [-0.05, 0) is 19.8 Å². The fourth-order valence-electron chi connectivity index (χ4n) is 2.33. The van der Waals surface area contributed by atoms with Crippen molar-refractivity contribution in [2.24, 2.45) is 0 Å². The first-order valence-corrected chi connectivity index (χ1v) is 7.25. The number of rotatable bonds is 4. The summed E-state index contributed by atoms with van der Waals surface area (Å²) in [6.45, 7) is 2.60. The van der Waals surface area contributed by atoms with Crippen LogP contribution in [0.5, 0.6) is 0 Å². The third kappa shape index (κ3) is 7.31. The molecule has 1 atom stereocenters. The largest absolute Gasteiger partial charge is 0.405 e. The highest BCUT2D eigenvalue weighted by Gasteiger charge is 2.30. The maximum atomic E-state index is 12.0. The minimum atomic E-state index is -4.53. The molecular formula is C13H21F3N4O3. The molecule has 1 heterocycles. The molecule has 0 saturated carbocycles. The molecule has 1 fully saturated rings. The molecule has 7 nitrogen and oxygen atoms in total. The summed E-state index contributed by atoms with van der Waals surface area (Å²) in [5.74, 6) is -0.779. The Kier molecular flexibility index (Phi) is 6.79. The van der Waals surface area contributed by atoms with Gasteiger partial charge in [-0.1, -0.05) is 0 Å². The van der Waals surface area contributed by atoms with E-state index in [0.29, 0.717) is 25.9 Å². The Hall–Kier alpha value is -1.84. The zero-order chi connectivity index (χ0) is 17.6. The van der Waals surface area contributed by atoms with E-state index in [1.54, 1.807) is 12.2 Å². The van der Waals surface area contributed by atoms with Gasteiger partial charge in [0.15, 0.2) is 0 Å². The first kappa shape index (κ1) is 19.2. The van der Waals surface area contributed by atoms with E-state index in [4.69, 9.17) is 0 Å². The second-order valence-corrected chi connectivity index (χ2v) is 5.47. The van der Waals surface area contributed by atoms with Crippen molar-refractivity contribution in [3.63, 3.8) is 0 Å². The number of piperidine rings is 1. The van der Waals surface area contributed by atoms with Crippen molar-refractivity contribution in [2.45, 2.75) is 44.9 Å². The minimum absolute atomic E-state index is 0.0501. The number of nitrogens with one attached hydrogen (secondary N) is 3. The average Bonchev–Trinajstić information content (AvgIpc) is 2.44. The third-order valence-electron chi connectivity index (χ3n) is 3.55. The fraction of sp³-hybridized carbons (Fsp3) is 0.769. The van der Waals surface area contributed by atoms with Crippen LogP contribution in [0, 0.1) is 0 Å². The lowest BCUT2D eigenvalue weighted by molar-refractivity contribution is -0.127. The van der Waals surface area contributed by atoms with Gasteiger partial charge in [0.25, 0.3) is 0 Å². The second kappa shape index (κ2) is 8.14. The predicted octanol–water partition coefficient (Wildman–Crippen LogP) is 0.363. The number of imide groups is 1. The first-order chi connectivity index (χ1) is 10.6. The van der Waals surface area contributed by atoms with Crippen molar-refractivity contribution >= 4 is 17.8 Å². The van der Waals surface area contributed by atoms with Crippen molar-refractivity contribution in [1.29, 1.82) is 0 Å². The quantitative estimate of drug-likeness (QED) is 0.690. The number of urea groups is 1. The molecule has 1 rings (SSSR count). The van der Waals surface area contributed by atoms with E-state index in [9.17, 15) is 27.6 Å². The number of amides is 4. The van der Waals surface area contributed by atoms with Crippen molar-refractivity contribution in [3.05, 3.63) is 0 Å². The highest BCUT2D eigenvalue weighted by Crippen LogP contribution is 2.14. The van der Waals surface area contributed by atoms with Gasteiger partial charge >= 0.3 is 12.2 Å². The maximum absolute atomic E-state index is 12.0. The molecule has 0 aromatic heterocycles. The summed E-state index contributed by atoms with van der Waals surface area (Å²) in [6.07, 6.45) is -3.20. The van der Waals surface area contributed by atoms with Gasteiger partial charge in [0.1, 0.15) is 6.54 Å². The zero-order valence-corrected chi connectivity index (χ0v) is 13.0. The predicted molar refractivity (Wildman–Crippen MR) is 75.5 cm³/mol. The Bertz CT molecular complexity index is 448. The number of likely N-dealkylation sites (tertiary alicyclic amines) is 1. The van der Waals surface area contributed by atoms with Gasteiger partial charge in [0, 0.05) is 26.1 Å². The van der Waals surface area contributed by atoms with Crippen LogP contribution in [0.3, 0.4) is 0 Å². The van der Waals surface area contributed by atoms with Crippen LogP contribution in [0.25, 0.3) is 0 Å². The van der Waals surface area contributed by atoms with E-state index in [1.807, 2.05) is 10.2 Å². The molecule has 0 aliphatic carbocycles. The molecule has 132 valence electrons. The van der Waals surface area contributed by atoms with E-state index in [0.717, 1.165) is 0 Å². The molecule has 0 radical (unpaired) electrons. The number of carbonyl (C=O) groups excluding carboxylic acids is 3. The molecule has 1 saturated heterocycles. The Morgan fingerprint density at radius 3 is 2.26 bits per heavy atom. The molecule has 0 aromatic rings. The van der Waals surface area contributed by atoms with Crippen molar-refractivity contribution < 1.29 is 27.6 Å². The summed E-state index contributed by atoms with van der Waals surface area (Å²) in [6, 6.07) is -1.77. The minimum Gasteiger partial charge on any atom is -0.354 e. The highest BCUT2D eigenvalue weighted by molar-refractivity contribution is 5.96. The average molecular weight is 338 g/mol. The lowest BCUT2D eigenvalue weighted by Crippen LogP contribution is -2.54. The number of alkyl halides is 3. The van der Waals surface area contributed by atoms with E-state index in [1.165, 1.54) is 6.92 Å². The lowest BCUT2D eigenvalue weighted by Gasteiger charge is -2.35. The van der Waals surface area contributed by atoms with E-state index in [-0.39, 0.29) is 11.9 Å². The molecule has 1 aliphatic rings. The van der Waals surface area contributed by atoms with Gasteiger partial charge < -0.3 is 10.6 Å². The van der Waals surface area contributed by atoms with Crippen LogP contribution in [0.4, 0.5) is 18.0 Å². The van der Waals surface area contributed by atoms with Gasteiger partial charge in [-0.2, -0.15) is 13.2 Å². The molecular weight excluding hydrogens is 317 g/mol. The molecule has 0 spiro atoms. The summed E-state index contributed by atoms with van der Waals surface area (Å²) in [7, 11) is 0. The summed E-state index contributed by atoms with van der Waals surface area (Å²) < 4.78 is 35.9. The smallest absolute Gasteiger partial charge is 0.354 e. The first-order valence-electron chi connectivity index (χ1n) is 7.25. The van der Waals surface area contributed by atoms with Crippen LogP contribution >= 0.6 is 0 Å². The highest BCUT2D eigenvalue weighted by atomic mass is 19.4. The van der Waals surface area contributed by atoms with Gasteiger partial charge in [0.05, 0.1) is 6.04 Å². The third-order valence-corrected chi connectivity index (χ3v) is 3.55. The van der Waals surface area contributed by atoms with Crippen molar-refractivity contribution in [1.82, 2.24) is 20.9 Å². The van der Waals surface area contributed by atoms with E-state index < -0.39 is 30.7 Å².